The zero-order valence-corrected chi connectivity index (χ0v) is 12.9. The van der Waals surface area contributed by atoms with Crippen molar-refractivity contribution >= 4 is 21.6 Å². The molecule has 3 heteroatoms. The van der Waals surface area contributed by atoms with Crippen LogP contribution in [0.2, 0.25) is 0 Å². The zero-order chi connectivity index (χ0) is 13.0. The largest absolute Gasteiger partial charge is 0.381 e. The van der Waals surface area contributed by atoms with Crippen molar-refractivity contribution in [2.75, 3.05) is 5.32 Å². The summed E-state index contributed by atoms with van der Waals surface area (Å²) >= 11 is 3.37. The van der Waals surface area contributed by atoms with E-state index in [2.05, 4.69) is 46.1 Å². The van der Waals surface area contributed by atoms with Crippen molar-refractivity contribution in [3.63, 3.8) is 0 Å². The summed E-state index contributed by atoms with van der Waals surface area (Å²) in [4.78, 5) is 4.27. The van der Waals surface area contributed by atoms with E-state index in [-0.39, 0.29) is 0 Å². The molecule has 18 heavy (non-hydrogen) atoms. The van der Waals surface area contributed by atoms with Gasteiger partial charge in [0.05, 0.1) is 11.9 Å². The molecular weight excluding hydrogens is 288 g/mol. The van der Waals surface area contributed by atoms with Gasteiger partial charge in [-0.15, -0.1) is 0 Å². The van der Waals surface area contributed by atoms with E-state index in [1.54, 1.807) is 0 Å². The highest BCUT2D eigenvalue weighted by Crippen LogP contribution is 2.30. The lowest BCUT2D eigenvalue weighted by Gasteiger charge is -2.31. The second-order valence-corrected chi connectivity index (χ2v) is 6.69. The molecule has 2 nitrogen and oxygen atoms in total. The van der Waals surface area contributed by atoms with E-state index in [1.807, 2.05) is 12.3 Å². The van der Waals surface area contributed by atoms with Gasteiger partial charge in [-0.05, 0) is 59.2 Å². The van der Waals surface area contributed by atoms with Gasteiger partial charge in [0.25, 0.3) is 0 Å². The summed E-state index contributed by atoms with van der Waals surface area (Å²) in [5.74, 6) is 1.72. The van der Waals surface area contributed by atoms with Crippen LogP contribution >= 0.6 is 15.9 Å². The molecule has 0 radical (unpaired) electrons. The molecule has 0 aromatic carbocycles. The fraction of sp³-hybridized carbons (Fsp3) is 0.667. The average molecular weight is 311 g/mol. The third-order valence-corrected chi connectivity index (χ3v) is 4.15. The molecule has 1 aromatic heterocycles. The fourth-order valence-electron chi connectivity index (χ4n) is 3.00. The second kappa shape index (κ2) is 6.55. The van der Waals surface area contributed by atoms with E-state index in [9.17, 15) is 0 Å². The van der Waals surface area contributed by atoms with Crippen LogP contribution in [0.25, 0.3) is 0 Å². The lowest BCUT2D eigenvalue weighted by atomic mass is 9.81. The van der Waals surface area contributed by atoms with Crippen molar-refractivity contribution in [1.29, 1.82) is 0 Å². The van der Waals surface area contributed by atoms with Crippen LogP contribution in [0, 0.1) is 11.8 Å². The second-order valence-electron chi connectivity index (χ2n) is 5.87. The van der Waals surface area contributed by atoms with Gasteiger partial charge in [0.2, 0.25) is 0 Å². The molecule has 0 saturated heterocycles. The molecule has 2 atom stereocenters. The fourth-order valence-corrected chi connectivity index (χ4v) is 3.23. The van der Waals surface area contributed by atoms with E-state index in [4.69, 9.17) is 0 Å². The summed E-state index contributed by atoms with van der Waals surface area (Å²) in [6.45, 7) is 4.66. The molecule has 0 spiro atoms. The van der Waals surface area contributed by atoms with Gasteiger partial charge < -0.3 is 5.32 Å². The first kappa shape index (κ1) is 13.9. The van der Waals surface area contributed by atoms with Crippen LogP contribution in [-0.2, 0) is 0 Å². The Labute approximate surface area is 119 Å². The van der Waals surface area contributed by atoms with Gasteiger partial charge in [-0.2, -0.15) is 0 Å². The molecule has 0 bridgehead atoms. The Bertz CT molecular complexity index is 361. The minimum absolute atomic E-state index is 0.630. The topological polar surface area (TPSA) is 24.9 Å². The van der Waals surface area contributed by atoms with Crippen LogP contribution in [0.1, 0.15) is 46.0 Å². The normalized spacial score (nSPS) is 24.2. The number of rotatable bonds is 4. The van der Waals surface area contributed by atoms with E-state index in [0.717, 1.165) is 22.1 Å². The lowest BCUT2D eigenvalue weighted by Crippen LogP contribution is -2.28. The molecule has 1 heterocycles. The Kier molecular flexibility index (Phi) is 5.04. The molecule has 2 unspecified atom stereocenters. The Hall–Kier alpha value is -0.570. The van der Waals surface area contributed by atoms with Crippen LogP contribution in [0.15, 0.2) is 22.9 Å². The molecule has 2 rings (SSSR count). The molecule has 100 valence electrons. The van der Waals surface area contributed by atoms with Crippen LogP contribution in [-0.4, -0.2) is 11.0 Å². The van der Waals surface area contributed by atoms with Gasteiger partial charge in [0.1, 0.15) is 4.60 Å². The number of nitrogens with zero attached hydrogens (tertiary/aromatic N) is 1. The molecule has 1 N–H and O–H groups in total. The van der Waals surface area contributed by atoms with Crippen molar-refractivity contribution in [2.24, 2.45) is 11.8 Å². The summed E-state index contributed by atoms with van der Waals surface area (Å²) in [5, 5.41) is 3.63. The highest BCUT2D eigenvalue weighted by atomic mass is 79.9. The van der Waals surface area contributed by atoms with E-state index >= 15 is 0 Å². The number of hydrogen-bond acceptors (Lipinski definition) is 2. The van der Waals surface area contributed by atoms with Gasteiger partial charge in [-0.3, -0.25) is 0 Å². The first-order valence-corrected chi connectivity index (χ1v) is 7.81. The standard InChI is InChI=1S/C15H23BrN2/c1-11(2)8-12-4-3-5-13(9-12)18-14-6-7-15(16)17-10-14/h6-7,10-13,18H,3-5,8-9H2,1-2H3. The molecule has 0 aliphatic heterocycles. The van der Waals surface area contributed by atoms with Crippen molar-refractivity contribution < 1.29 is 0 Å². The van der Waals surface area contributed by atoms with Gasteiger partial charge in [-0.25, -0.2) is 4.98 Å². The Morgan fingerprint density at radius 2 is 2.22 bits per heavy atom. The molecule has 1 aliphatic rings. The molecular formula is C15H23BrN2. The molecule has 1 aliphatic carbocycles. The summed E-state index contributed by atoms with van der Waals surface area (Å²) in [7, 11) is 0. The van der Waals surface area contributed by atoms with Gasteiger partial charge in [0, 0.05) is 6.04 Å². The van der Waals surface area contributed by atoms with Crippen molar-refractivity contribution in [3.8, 4) is 0 Å². The molecule has 1 aromatic rings. The minimum atomic E-state index is 0.630. The third kappa shape index (κ3) is 4.27. The summed E-state index contributed by atoms with van der Waals surface area (Å²) in [5.41, 5.74) is 1.15. The molecule has 1 fully saturated rings. The Morgan fingerprint density at radius 3 is 2.89 bits per heavy atom. The summed E-state index contributed by atoms with van der Waals surface area (Å²) in [6, 6.07) is 4.73. The molecule has 1 saturated carbocycles. The zero-order valence-electron chi connectivity index (χ0n) is 11.3. The van der Waals surface area contributed by atoms with Crippen LogP contribution < -0.4 is 5.32 Å². The van der Waals surface area contributed by atoms with Crippen LogP contribution in [0.5, 0.6) is 0 Å². The van der Waals surface area contributed by atoms with Gasteiger partial charge >= 0.3 is 0 Å². The van der Waals surface area contributed by atoms with Crippen LogP contribution in [0.4, 0.5) is 5.69 Å². The number of halogens is 1. The maximum atomic E-state index is 4.27. The quantitative estimate of drug-likeness (QED) is 0.803. The highest BCUT2D eigenvalue weighted by Gasteiger charge is 2.22. The highest BCUT2D eigenvalue weighted by molar-refractivity contribution is 9.10. The van der Waals surface area contributed by atoms with Crippen molar-refractivity contribution in [2.45, 2.75) is 52.0 Å². The lowest BCUT2D eigenvalue weighted by molar-refractivity contribution is 0.289. The van der Waals surface area contributed by atoms with Crippen molar-refractivity contribution in [3.05, 3.63) is 22.9 Å². The van der Waals surface area contributed by atoms with Crippen LogP contribution in [0.3, 0.4) is 0 Å². The number of hydrogen-bond donors (Lipinski definition) is 1. The first-order valence-electron chi connectivity index (χ1n) is 7.01. The number of aromatic nitrogens is 1. The van der Waals surface area contributed by atoms with E-state index in [0.29, 0.717) is 6.04 Å². The predicted octanol–water partition coefficient (Wildman–Crippen LogP) is 4.86. The Balaban J connectivity index is 1.87. The van der Waals surface area contributed by atoms with E-state index < -0.39 is 0 Å². The van der Waals surface area contributed by atoms with Gasteiger partial charge in [-0.1, -0.05) is 26.7 Å². The number of nitrogens with one attached hydrogen (secondary N) is 1. The van der Waals surface area contributed by atoms with Crippen molar-refractivity contribution in [1.82, 2.24) is 4.98 Å². The smallest absolute Gasteiger partial charge is 0.106 e. The monoisotopic (exact) mass is 310 g/mol. The van der Waals surface area contributed by atoms with E-state index in [1.165, 1.54) is 32.1 Å². The van der Waals surface area contributed by atoms with Gasteiger partial charge in [0.15, 0.2) is 0 Å². The average Bonchev–Trinajstić information content (AvgIpc) is 2.32. The molecule has 0 amide bonds. The summed E-state index contributed by atoms with van der Waals surface area (Å²) in [6.07, 6.45) is 8.67. The number of anilines is 1. The third-order valence-electron chi connectivity index (χ3n) is 3.69. The predicted molar refractivity (Wildman–Crippen MR) is 80.8 cm³/mol. The number of pyridine rings is 1. The Morgan fingerprint density at radius 1 is 1.39 bits per heavy atom. The maximum Gasteiger partial charge on any atom is 0.106 e. The first-order chi connectivity index (χ1) is 8.63. The SMILES string of the molecule is CC(C)CC1CCCC(Nc2ccc(Br)nc2)C1. The minimum Gasteiger partial charge on any atom is -0.381 e. The summed E-state index contributed by atoms with van der Waals surface area (Å²) < 4.78 is 0.898. The maximum absolute atomic E-state index is 4.27.